The lowest BCUT2D eigenvalue weighted by Crippen LogP contribution is -1.92. The second kappa shape index (κ2) is 5.70. The Kier molecular flexibility index (Phi) is 4.23. The molecule has 0 aliphatic carbocycles. The van der Waals surface area contributed by atoms with E-state index in [0.717, 1.165) is 0 Å². The average molecular weight is 200 g/mol. The molecule has 15 heavy (non-hydrogen) atoms. The molecule has 2 heteroatoms. The maximum atomic E-state index is 11.5. The summed E-state index contributed by atoms with van der Waals surface area (Å²) in [5, 5.41) is 0. The molecular weight excluding hydrogens is 188 g/mol. The molecule has 2 nitrogen and oxygen atoms in total. The molecule has 0 atom stereocenters. The Morgan fingerprint density at radius 3 is 2.20 bits per heavy atom. The third-order valence-electron chi connectivity index (χ3n) is 1.75. The Balaban J connectivity index is 2.61. The first-order chi connectivity index (χ1) is 7.20. The van der Waals surface area contributed by atoms with E-state index >= 15 is 0 Å². The van der Waals surface area contributed by atoms with Gasteiger partial charge >= 0.3 is 0 Å². The van der Waals surface area contributed by atoms with E-state index in [4.69, 9.17) is 0 Å². The number of ketones is 2. The highest BCUT2D eigenvalue weighted by Crippen LogP contribution is 2.00. The van der Waals surface area contributed by atoms with Crippen LogP contribution in [0.5, 0.6) is 0 Å². The van der Waals surface area contributed by atoms with E-state index in [9.17, 15) is 9.59 Å². The SMILES string of the molecule is CC(=O)/C=C/C=C/C(=O)c1ccccc1. The van der Waals surface area contributed by atoms with Gasteiger partial charge in [0.25, 0.3) is 0 Å². The predicted molar refractivity (Wildman–Crippen MR) is 59.7 cm³/mol. The van der Waals surface area contributed by atoms with Gasteiger partial charge in [-0.05, 0) is 19.1 Å². The molecule has 1 rings (SSSR count). The van der Waals surface area contributed by atoms with Crippen LogP contribution in [0.1, 0.15) is 17.3 Å². The van der Waals surface area contributed by atoms with Crippen LogP contribution in [-0.4, -0.2) is 11.6 Å². The smallest absolute Gasteiger partial charge is 0.185 e. The van der Waals surface area contributed by atoms with Crippen molar-refractivity contribution in [3.8, 4) is 0 Å². The molecule has 1 aromatic rings. The van der Waals surface area contributed by atoms with Gasteiger partial charge in [-0.15, -0.1) is 0 Å². The Morgan fingerprint density at radius 1 is 1.00 bits per heavy atom. The Hall–Kier alpha value is -1.96. The van der Waals surface area contributed by atoms with E-state index in [1.807, 2.05) is 18.2 Å². The number of carbonyl (C=O) groups excluding carboxylic acids is 2. The second-order valence-electron chi connectivity index (χ2n) is 3.06. The van der Waals surface area contributed by atoms with Gasteiger partial charge in [0.15, 0.2) is 11.6 Å². The molecule has 0 saturated heterocycles. The van der Waals surface area contributed by atoms with Crippen LogP contribution in [0, 0.1) is 0 Å². The third-order valence-corrected chi connectivity index (χ3v) is 1.75. The summed E-state index contributed by atoms with van der Waals surface area (Å²) in [7, 11) is 0. The molecular formula is C13H12O2. The van der Waals surface area contributed by atoms with Crippen molar-refractivity contribution < 1.29 is 9.59 Å². The molecule has 0 aliphatic rings. The van der Waals surface area contributed by atoms with Crippen LogP contribution < -0.4 is 0 Å². The predicted octanol–water partition coefficient (Wildman–Crippen LogP) is 2.57. The van der Waals surface area contributed by atoms with Gasteiger partial charge in [0.05, 0.1) is 0 Å². The fourth-order valence-corrected chi connectivity index (χ4v) is 1.03. The van der Waals surface area contributed by atoms with Gasteiger partial charge in [-0.25, -0.2) is 0 Å². The average Bonchev–Trinajstić information content (AvgIpc) is 2.25. The van der Waals surface area contributed by atoms with Crippen molar-refractivity contribution in [1.82, 2.24) is 0 Å². The summed E-state index contributed by atoms with van der Waals surface area (Å²) in [4.78, 5) is 22.0. The molecule has 0 aliphatic heterocycles. The fraction of sp³-hybridized carbons (Fsp3) is 0.0769. The maximum absolute atomic E-state index is 11.5. The molecule has 76 valence electrons. The Morgan fingerprint density at radius 2 is 1.60 bits per heavy atom. The first-order valence-corrected chi connectivity index (χ1v) is 4.65. The Bertz CT molecular complexity index is 400. The van der Waals surface area contributed by atoms with Crippen LogP contribution in [-0.2, 0) is 4.79 Å². The lowest BCUT2D eigenvalue weighted by atomic mass is 10.1. The number of rotatable bonds is 4. The van der Waals surface area contributed by atoms with Gasteiger partial charge in [0.2, 0.25) is 0 Å². The molecule has 0 fully saturated rings. The van der Waals surface area contributed by atoms with Crippen molar-refractivity contribution >= 4 is 11.6 Å². The van der Waals surface area contributed by atoms with E-state index in [0.29, 0.717) is 5.56 Å². The lowest BCUT2D eigenvalue weighted by molar-refractivity contribution is -0.112. The van der Waals surface area contributed by atoms with Crippen LogP contribution in [0.2, 0.25) is 0 Å². The number of hydrogen-bond donors (Lipinski definition) is 0. The van der Waals surface area contributed by atoms with Gasteiger partial charge in [-0.2, -0.15) is 0 Å². The van der Waals surface area contributed by atoms with Crippen molar-refractivity contribution in [2.75, 3.05) is 0 Å². The number of hydrogen-bond acceptors (Lipinski definition) is 2. The lowest BCUT2D eigenvalue weighted by Gasteiger charge is -1.92. The molecule has 0 aromatic heterocycles. The molecule has 0 saturated carbocycles. The van der Waals surface area contributed by atoms with Crippen LogP contribution in [0.15, 0.2) is 54.6 Å². The minimum atomic E-state index is -0.0659. The summed E-state index contributed by atoms with van der Waals surface area (Å²) >= 11 is 0. The van der Waals surface area contributed by atoms with Crippen molar-refractivity contribution in [3.63, 3.8) is 0 Å². The van der Waals surface area contributed by atoms with Crippen molar-refractivity contribution in [1.29, 1.82) is 0 Å². The molecule has 0 amide bonds. The molecule has 0 bridgehead atoms. The summed E-state index contributed by atoms with van der Waals surface area (Å²) in [6, 6.07) is 8.98. The minimum absolute atomic E-state index is 0.0354. The zero-order chi connectivity index (χ0) is 11.1. The van der Waals surface area contributed by atoms with E-state index in [2.05, 4.69) is 0 Å². The fourth-order valence-electron chi connectivity index (χ4n) is 1.03. The van der Waals surface area contributed by atoms with Gasteiger partial charge in [0.1, 0.15) is 0 Å². The zero-order valence-corrected chi connectivity index (χ0v) is 8.51. The van der Waals surface area contributed by atoms with Crippen LogP contribution >= 0.6 is 0 Å². The summed E-state index contributed by atoms with van der Waals surface area (Å²) in [5.74, 6) is -0.101. The molecule has 0 heterocycles. The summed E-state index contributed by atoms with van der Waals surface area (Å²) in [6.07, 6.45) is 5.98. The van der Waals surface area contributed by atoms with Gasteiger partial charge in [-0.3, -0.25) is 9.59 Å². The van der Waals surface area contributed by atoms with E-state index in [1.165, 1.54) is 19.1 Å². The third kappa shape index (κ3) is 4.18. The standard InChI is InChI=1S/C13H12O2/c1-11(14)7-5-6-10-13(15)12-8-3-2-4-9-12/h2-10H,1H3/b7-5+,10-6+. The number of benzene rings is 1. The number of carbonyl (C=O) groups is 2. The van der Waals surface area contributed by atoms with Gasteiger partial charge < -0.3 is 0 Å². The van der Waals surface area contributed by atoms with E-state index < -0.39 is 0 Å². The Labute approximate surface area is 88.9 Å². The van der Waals surface area contributed by atoms with Crippen LogP contribution in [0.25, 0.3) is 0 Å². The minimum Gasteiger partial charge on any atom is -0.295 e. The zero-order valence-electron chi connectivity index (χ0n) is 8.51. The summed E-state index contributed by atoms with van der Waals surface area (Å²) in [5.41, 5.74) is 0.643. The molecule has 0 unspecified atom stereocenters. The van der Waals surface area contributed by atoms with Crippen LogP contribution in [0.4, 0.5) is 0 Å². The van der Waals surface area contributed by atoms with E-state index in [1.54, 1.807) is 24.3 Å². The molecule has 1 aromatic carbocycles. The van der Waals surface area contributed by atoms with Crippen molar-refractivity contribution in [3.05, 3.63) is 60.2 Å². The first kappa shape index (κ1) is 11.1. The monoisotopic (exact) mass is 200 g/mol. The first-order valence-electron chi connectivity index (χ1n) is 4.65. The van der Waals surface area contributed by atoms with Gasteiger partial charge in [-0.1, -0.05) is 42.5 Å². The highest BCUT2D eigenvalue weighted by Gasteiger charge is 1.97. The molecule has 0 radical (unpaired) electrons. The molecule has 0 N–H and O–H groups in total. The second-order valence-corrected chi connectivity index (χ2v) is 3.06. The van der Waals surface area contributed by atoms with E-state index in [-0.39, 0.29) is 11.6 Å². The highest BCUT2D eigenvalue weighted by molar-refractivity contribution is 6.04. The quantitative estimate of drug-likeness (QED) is 0.425. The largest absolute Gasteiger partial charge is 0.295 e. The van der Waals surface area contributed by atoms with Crippen molar-refractivity contribution in [2.45, 2.75) is 6.92 Å². The molecule has 0 spiro atoms. The number of allylic oxidation sites excluding steroid dienone is 4. The topological polar surface area (TPSA) is 34.1 Å². The summed E-state index contributed by atoms with van der Waals surface area (Å²) in [6.45, 7) is 1.46. The van der Waals surface area contributed by atoms with Gasteiger partial charge in [0, 0.05) is 5.56 Å². The summed E-state index contributed by atoms with van der Waals surface area (Å²) < 4.78 is 0. The highest BCUT2D eigenvalue weighted by atomic mass is 16.1. The normalized spacial score (nSPS) is 11.0. The van der Waals surface area contributed by atoms with Crippen LogP contribution in [0.3, 0.4) is 0 Å². The maximum Gasteiger partial charge on any atom is 0.185 e. The van der Waals surface area contributed by atoms with Crippen molar-refractivity contribution in [2.24, 2.45) is 0 Å².